The first-order valence-electron chi connectivity index (χ1n) is 6.21. The van der Waals surface area contributed by atoms with Crippen LogP contribution in [0.25, 0.3) is 0 Å². The standard InChI is InChI=1S/C13H16N2O6/c1-7(2)14-12(16)8(3)21-11-9(13(17)18)5-4-6-10(11)15(19)20/h4-8H,1-3H3,(H,14,16)(H,17,18). The summed E-state index contributed by atoms with van der Waals surface area (Å²) < 4.78 is 5.23. The van der Waals surface area contributed by atoms with Crippen LogP contribution in [0.3, 0.4) is 0 Å². The lowest BCUT2D eigenvalue weighted by molar-refractivity contribution is -0.386. The predicted octanol–water partition coefficient (Wildman–Crippen LogP) is 1.58. The number of benzene rings is 1. The Morgan fingerprint density at radius 2 is 1.95 bits per heavy atom. The third-order valence-electron chi connectivity index (χ3n) is 2.52. The molecule has 0 aliphatic heterocycles. The first-order chi connectivity index (χ1) is 9.73. The second-order valence-corrected chi connectivity index (χ2v) is 4.64. The summed E-state index contributed by atoms with van der Waals surface area (Å²) >= 11 is 0. The van der Waals surface area contributed by atoms with E-state index in [4.69, 9.17) is 9.84 Å². The number of nitrogens with one attached hydrogen (secondary N) is 1. The van der Waals surface area contributed by atoms with Gasteiger partial charge in [-0.05, 0) is 26.8 Å². The van der Waals surface area contributed by atoms with Crippen LogP contribution in [0.1, 0.15) is 31.1 Å². The lowest BCUT2D eigenvalue weighted by Gasteiger charge is -2.17. The molecule has 8 heteroatoms. The van der Waals surface area contributed by atoms with Crippen LogP contribution in [-0.4, -0.2) is 34.1 Å². The van der Waals surface area contributed by atoms with E-state index in [0.29, 0.717) is 0 Å². The summed E-state index contributed by atoms with van der Waals surface area (Å²) in [6, 6.07) is 3.41. The van der Waals surface area contributed by atoms with Crippen molar-refractivity contribution in [3.05, 3.63) is 33.9 Å². The number of aromatic carboxylic acids is 1. The summed E-state index contributed by atoms with van der Waals surface area (Å²) in [6.45, 7) is 4.89. The number of para-hydroxylation sites is 1. The minimum Gasteiger partial charge on any atom is -0.478 e. The topological polar surface area (TPSA) is 119 Å². The van der Waals surface area contributed by atoms with Gasteiger partial charge in [0.1, 0.15) is 5.56 Å². The number of rotatable bonds is 6. The van der Waals surface area contributed by atoms with E-state index in [1.807, 2.05) is 0 Å². The molecule has 0 aromatic heterocycles. The smallest absolute Gasteiger partial charge is 0.339 e. The third-order valence-corrected chi connectivity index (χ3v) is 2.52. The lowest BCUT2D eigenvalue weighted by atomic mass is 10.1. The van der Waals surface area contributed by atoms with Crippen molar-refractivity contribution in [2.75, 3.05) is 0 Å². The maximum atomic E-state index is 11.8. The number of hydrogen-bond donors (Lipinski definition) is 2. The second kappa shape index (κ2) is 6.69. The second-order valence-electron chi connectivity index (χ2n) is 4.64. The van der Waals surface area contributed by atoms with Crippen LogP contribution in [0.5, 0.6) is 5.75 Å². The predicted molar refractivity (Wildman–Crippen MR) is 73.4 cm³/mol. The number of carboxylic acids is 1. The molecule has 1 unspecified atom stereocenters. The van der Waals surface area contributed by atoms with Crippen LogP contribution in [-0.2, 0) is 4.79 Å². The van der Waals surface area contributed by atoms with Crippen LogP contribution < -0.4 is 10.1 Å². The zero-order valence-corrected chi connectivity index (χ0v) is 11.8. The van der Waals surface area contributed by atoms with E-state index in [9.17, 15) is 19.7 Å². The molecule has 0 bridgehead atoms. The first-order valence-corrected chi connectivity index (χ1v) is 6.21. The Balaban J connectivity index is 3.13. The van der Waals surface area contributed by atoms with E-state index >= 15 is 0 Å². The molecule has 0 saturated heterocycles. The molecule has 1 atom stereocenters. The van der Waals surface area contributed by atoms with Gasteiger partial charge in [0.15, 0.2) is 6.10 Å². The molecule has 1 amide bonds. The van der Waals surface area contributed by atoms with Crippen LogP contribution in [0.15, 0.2) is 18.2 Å². The maximum absolute atomic E-state index is 11.8. The average Bonchev–Trinajstić information content (AvgIpc) is 2.37. The van der Waals surface area contributed by atoms with Crippen LogP contribution in [0, 0.1) is 10.1 Å². The molecular weight excluding hydrogens is 280 g/mol. The van der Waals surface area contributed by atoms with Crippen molar-refractivity contribution in [2.45, 2.75) is 32.9 Å². The van der Waals surface area contributed by atoms with Gasteiger partial charge in [0.25, 0.3) is 5.91 Å². The Morgan fingerprint density at radius 3 is 2.43 bits per heavy atom. The Morgan fingerprint density at radius 1 is 1.33 bits per heavy atom. The van der Waals surface area contributed by atoms with Crippen molar-refractivity contribution in [3.63, 3.8) is 0 Å². The number of ether oxygens (including phenoxy) is 1. The van der Waals surface area contributed by atoms with Crippen LogP contribution in [0.4, 0.5) is 5.69 Å². The van der Waals surface area contributed by atoms with E-state index in [1.54, 1.807) is 13.8 Å². The third kappa shape index (κ3) is 4.16. The number of nitro groups is 1. The summed E-state index contributed by atoms with van der Waals surface area (Å²) in [5.74, 6) is -2.29. The molecule has 21 heavy (non-hydrogen) atoms. The Labute approximate surface area is 120 Å². The van der Waals surface area contributed by atoms with Gasteiger partial charge in [0, 0.05) is 12.1 Å². The van der Waals surface area contributed by atoms with Crippen molar-refractivity contribution in [1.29, 1.82) is 0 Å². The van der Waals surface area contributed by atoms with Crippen molar-refractivity contribution in [1.82, 2.24) is 5.32 Å². The van der Waals surface area contributed by atoms with Crippen molar-refractivity contribution < 1.29 is 24.4 Å². The van der Waals surface area contributed by atoms with Crippen molar-refractivity contribution in [3.8, 4) is 5.75 Å². The van der Waals surface area contributed by atoms with E-state index in [-0.39, 0.29) is 11.6 Å². The quantitative estimate of drug-likeness (QED) is 0.607. The molecule has 0 aliphatic rings. The summed E-state index contributed by atoms with van der Waals surface area (Å²) in [5.41, 5.74) is -0.868. The number of nitro benzene ring substituents is 1. The van der Waals surface area contributed by atoms with Gasteiger partial charge in [0.2, 0.25) is 5.75 Å². The first kappa shape index (κ1) is 16.4. The van der Waals surface area contributed by atoms with Crippen LogP contribution in [0.2, 0.25) is 0 Å². The summed E-state index contributed by atoms with van der Waals surface area (Å²) in [7, 11) is 0. The van der Waals surface area contributed by atoms with Gasteiger partial charge in [-0.25, -0.2) is 4.79 Å². The monoisotopic (exact) mass is 296 g/mol. The highest BCUT2D eigenvalue weighted by Gasteiger charge is 2.26. The molecule has 0 fully saturated rings. The summed E-state index contributed by atoms with van der Waals surface area (Å²) in [5, 5.41) is 22.6. The SMILES string of the molecule is CC(C)NC(=O)C(C)Oc1c(C(=O)O)cccc1[N+](=O)[O-]. The Hall–Kier alpha value is -2.64. The lowest BCUT2D eigenvalue weighted by Crippen LogP contribution is -2.40. The molecule has 0 heterocycles. The number of amides is 1. The Bertz CT molecular complexity index is 538. The molecule has 8 nitrogen and oxygen atoms in total. The van der Waals surface area contributed by atoms with Gasteiger partial charge in [-0.3, -0.25) is 14.9 Å². The van der Waals surface area contributed by atoms with Gasteiger partial charge < -0.3 is 15.2 Å². The van der Waals surface area contributed by atoms with Crippen LogP contribution >= 0.6 is 0 Å². The molecule has 114 valence electrons. The number of carbonyl (C=O) groups is 2. The van der Waals surface area contributed by atoms with Crippen molar-refractivity contribution in [2.24, 2.45) is 0 Å². The van der Waals surface area contributed by atoms with E-state index in [0.717, 1.165) is 6.07 Å². The molecule has 1 aromatic rings. The van der Waals surface area contributed by atoms with E-state index in [2.05, 4.69) is 5.32 Å². The summed E-state index contributed by atoms with van der Waals surface area (Å²) in [6.07, 6.45) is -1.06. The minimum atomic E-state index is -1.37. The normalized spacial score (nSPS) is 11.8. The molecule has 0 saturated carbocycles. The number of carbonyl (C=O) groups excluding carboxylic acids is 1. The fourth-order valence-corrected chi connectivity index (χ4v) is 1.59. The number of hydrogen-bond acceptors (Lipinski definition) is 5. The van der Waals surface area contributed by atoms with Gasteiger partial charge in [-0.1, -0.05) is 6.07 Å². The Kier molecular flexibility index (Phi) is 5.23. The van der Waals surface area contributed by atoms with Gasteiger partial charge in [0.05, 0.1) is 4.92 Å². The zero-order valence-electron chi connectivity index (χ0n) is 11.8. The zero-order chi connectivity index (χ0) is 16.2. The molecule has 0 radical (unpaired) electrons. The number of carboxylic acid groups (broad SMARTS) is 1. The minimum absolute atomic E-state index is 0.131. The average molecular weight is 296 g/mol. The van der Waals surface area contributed by atoms with E-state index < -0.39 is 34.3 Å². The largest absolute Gasteiger partial charge is 0.478 e. The fourth-order valence-electron chi connectivity index (χ4n) is 1.59. The van der Waals surface area contributed by atoms with Gasteiger partial charge in [-0.15, -0.1) is 0 Å². The highest BCUT2D eigenvalue weighted by atomic mass is 16.6. The highest BCUT2D eigenvalue weighted by Crippen LogP contribution is 2.31. The molecular formula is C13H16N2O6. The number of nitrogens with zero attached hydrogens (tertiary/aromatic N) is 1. The molecule has 1 rings (SSSR count). The molecule has 0 aliphatic carbocycles. The van der Waals surface area contributed by atoms with Crippen molar-refractivity contribution >= 4 is 17.6 Å². The molecule has 0 spiro atoms. The highest BCUT2D eigenvalue weighted by molar-refractivity contribution is 5.93. The maximum Gasteiger partial charge on any atom is 0.339 e. The van der Waals surface area contributed by atoms with Gasteiger partial charge in [-0.2, -0.15) is 0 Å². The van der Waals surface area contributed by atoms with E-state index in [1.165, 1.54) is 19.1 Å². The molecule has 2 N–H and O–H groups in total. The summed E-state index contributed by atoms with van der Waals surface area (Å²) in [4.78, 5) is 33.1. The fraction of sp³-hybridized carbons (Fsp3) is 0.385. The van der Waals surface area contributed by atoms with Gasteiger partial charge >= 0.3 is 11.7 Å². The molecule has 1 aromatic carbocycles.